The second-order valence-corrected chi connectivity index (χ2v) is 11.5. The molecule has 7 nitrogen and oxygen atoms in total. The molecule has 0 spiro atoms. The first-order valence-electron chi connectivity index (χ1n) is 13.1. The van der Waals surface area contributed by atoms with E-state index in [0.717, 1.165) is 25.1 Å². The van der Waals surface area contributed by atoms with Crippen LogP contribution in [-0.4, -0.2) is 54.0 Å². The minimum atomic E-state index is -0.883. The van der Waals surface area contributed by atoms with Gasteiger partial charge in [-0.05, 0) is 60.1 Å². The van der Waals surface area contributed by atoms with Gasteiger partial charge < -0.3 is 20.6 Å². The zero-order valence-electron chi connectivity index (χ0n) is 21.7. The summed E-state index contributed by atoms with van der Waals surface area (Å²) >= 11 is 0. The standard InChI is InChI=1S/C29H38N4O3/c1-18(2)13-24-26-25-21(17-33(26)16-20-5-9-22(10-6-20)32(3)4)14-29(24,31-27(25)35)28(36)30-15-19-7-11-23(34)12-8-19/h5-12,18,21,24-26,34H,13-17H2,1-4H3,(H,30,36)(H,31,35)/t21-,24-,25-,26-,29+/m1/s1. The average molecular weight is 491 g/mol. The van der Waals surface area contributed by atoms with Gasteiger partial charge in [0, 0.05) is 51.4 Å². The van der Waals surface area contributed by atoms with Gasteiger partial charge in [-0.25, -0.2) is 0 Å². The largest absolute Gasteiger partial charge is 0.508 e. The summed E-state index contributed by atoms with van der Waals surface area (Å²) in [5, 5.41) is 15.9. The molecule has 0 radical (unpaired) electrons. The summed E-state index contributed by atoms with van der Waals surface area (Å²) in [6, 6.07) is 15.6. The van der Waals surface area contributed by atoms with Crippen molar-refractivity contribution < 1.29 is 14.7 Å². The maximum absolute atomic E-state index is 13.8. The van der Waals surface area contributed by atoms with Crippen molar-refractivity contribution in [2.24, 2.45) is 23.7 Å². The molecular formula is C29H38N4O3. The molecule has 3 aliphatic heterocycles. The van der Waals surface area contributed by atoms with E-state index in [1.165, 1.54) is 11.3 Å². The molecule has 4 bridgehead atoms. The van der Waals surface area contributed by atoms with Crippen LogP contribution in [0, 0.1) is 23.7 Å². The summed E-state index contributed by atoms with van der Waals surface area (Å²) in [6.45, 7) is 6.40. The highest BCUT2D eigenvalue weighted by atomic mass is 16.3. The lowest BCUT2D eigenvalue weighted by molar-refractivity contribution is -0.155. The zero-order valence-corrected chi connectivity index (χ0v) is 21.7. The maximum atomic E-state index is 13.8. The molecule has 4 aliphatic rings. The predicted octanol–water partition coefficient (Wildman–Crippen LogP) is 3.13. The SMILES string of the molecule is CC(C)C[C@@H]1[C@@H]2[C@@H]3C(=O)N[C@@]1(C(=O)NCc1ccc(O)cc1)C[C@@H]3CN2Cc1ccc(N(C)C)cc1. The van der Waals surface area contributed by atoms with E-state index < -0.39 is 5.54 Å². The molecule has 5 atom stereocenters. The van der Waals surface area contributed by atoms with E-state index in [1.54, 1.807) is 12.1 Å². The number of anilines is 1. The molecule has 2 aromatic carbocycles. The van der Waals surface area contributed by atoms with Crippen LogP contribution in [-0.2, 0) is 22.7 Å². The van der Waals surface area contributed by atoms with E-state index in [2.05, 4.69) is 58.5 Å². The second-order valence-electron chi connectivity index (χ2n) is 11.5. The number of hydrogen-bond donors (Lipinski definition) is 3. The number of likely N-dealkylation sites (tertiary alicyclic amines) is 1. The Bertz CT molecular complexity index is 1110. The van der Waals surface area contributed by atoms with Gasteiger partial charge in [-0.3, -0.25) is 14.5 Å². The Labute approximate surface area is 213 Å². The monoisotopic (exact) mass is 490 g/mol. The molecule has 2 aromatic rings. The number of amides is 2. The van der Waals surface area contributed by atoms with Gasteiger partial charge in [0.15, 0.2) is 0 Å². The van der Waals surface area contributed by atoms with E-state index in [4.69, 9.17) is 0 Å². The Kier molecular flexibility index (Phi) is 6.45. The van der Waals surface area contributed by atoms with Crippen LogP contribution in [0.15, 0.2) is 48.5 Å². The van der Waals surface area contributed by atoms with Crippen LogP contribution in [0.25, 0.3) is 0 Å². The summed E-state index contributed by atoms with van der Waals surface area (Å²) in [5.74, 6) is 0.746. The molecule has 192 valence electrons. The van der Waals surface area contributed by atoms with Gasteiger partial charge in [-0.2, -0.15) is 0 Å². The Balaban J connectivity index is 1.40. The van der Waals surface area contributed by atoms with E-state index in [0.29, 0.717) is 18.9 Å². The highest BCUT2D eigenvalue weighted by Crippen LogP contribution is 2.54. The lowest BCUT2D eigenvalue weighted by Gasteiger charge is -2.55. The van der Waals surface area contributed by atoms with Crippen LogP contribution in [0.2, 0.25) is 0 Å². The number of carbonyl (C=O) groups is 2. The number of piperidine rings is 2. The van der Waals surface area contributed by atoms with Crippen LogP contribution >= 0.6 is 0 Å². The fourth-order valence-corrected chi connectivity index (χ4v) is 6.84. The molecule has 3 saturated heterocycles. The topological polar surface area (TPSA) is 84.9 Å². The number of phenols is 1. The third-order valence-electron chi connectivity index (χ3n) is 8.40. The quantitative estimate of drug-likeness (QED) is 0.530. The van der Waals surface area contributed by atoms with Crippen molar-refractivity contribution >= 4 is 17.5 Å². The molecule has 2 amide bonds. The van der Waals surface area contributed by atoms with E-state index in [9.17, 15) is 14.7 Å². The molecule has 36 heavy (non-hydrogen) atoms. The minimum absolute atomic E-state index is 0.0292. The lowest BCUT2D eigenvalue weighted by atomic mass is 9.57. The number of hydrogen-bond acceptors (Lipinski definition) is 5. The van der Waals surface area contributed by atoms with Crippen molar-refractivity contribution in [3.8, 4) is 5.75 Å². The fraction of sp³-hybridized carbons (Fsp3) is 0.517. The number of carbonyl (C=O) groups excluding carboxylic acids is 2. The fourth-order valence-electron chi connectivity index (χ4n) is 6.84. The van der Waals surface area contributed by atoms with E-state index in [1.807, 2.05) is 26.2 Å². The van der Waals surface area contributed by atoms with Crippen molar-refractivity contribution in [1.29, 1.82) is 0 Å². The summed E-state index contributed by atoms with van der Waals surface area (Å²) in [5.41, 5.74) is 2.43. The summed E-state index contributed by atoms with van der Waals surface area (Å²) < 4.78 is 0. The van der Waals surface area contributed by atoms with Crippen LogP contribution in [0.3, 0.4) is 0 Å². The molecule has 1 aliphatic carbocycles. The summed E-state index contributed by atoms with van der Waals surface area (Å²) in [6.07, 6.45) is 1.58. The Morgan fingerprint density at radius 2 is 1.81 bits per heavy atom. The number of aromatic hydroxyl groups is 1. The summed E-state index contributed by atoms with van der Waals surface area (Å²) in [7, 11) is 4.08. The first-order valence-corrected chi connectivity index (χ1v) is 13.1. The van der Waals surface area contributed by atoms with Crippen molar-refractivity contribution in [2.45, 2.75) is 51.4 Å². The first-order chi connectivity index (χ1) is 17.2. The van der Waals surface area contributed by atoms with Gasteiger partial charge in [-0.1, -0.05) is 38.1 Å². The number of nitrogens with zero attached hydrogens (tertiary/aromatic N) is 2. The molecule has 1 saturated carbocycles. The molecule has 3 heterocycles. The number of rotatable bonds is 8. The number of fused-ring (bicyclic) bond motifs is 1. The van der Waals surface area contributed by atoms with Gasteiger partial charge in [-0.15, -0.1) is 0 Å². The third-order valence-corrected chi connectivity index (χ3v) is 8.40. The first kappa shape index (κ1) is 24.6. The van der Waals surface area contributed by atoms with Crippen molar-refractivity contribution in [3.05, 3.63) is 59.7 Å². The minimum Gasteiger partial charge on any atom is -0.508 e. The summed E-state index contributed by atoms with van der Waals surface area (Å²) in [4.78, 5) is 31.7. The van der Waals surface area contributed by atoms with Gasteiger partial charge in [0.25, 0.3) is 0 Å². The Morgan fingerprint density at radius 1 is 1.14 bits per heavy atom. The van der Waals surface area contributed by atoms with Gasteiger partial charge >= 0.3 is 0 Å². The van der Waals surface area contributed by atoms with Crippen LogP contribution in [0.1, 0.15) is 37.8 Å². The van der Waals surface area contributed by atoms with Crippen LogP contribution in [0.4, 0.5) is 5.69 Å². The van der Waals surface area contributed by atoms with Crippen LogP contribution in [0.5, 0.6) is 5.75 Å². The van der Waals surface area contributed by atoms with Crippen LogP contribution < -0.4 is 15.5 Å². The smallest absolute Gasteiger partial charge is 0.246 e. The van der Waals surface area contributed by atoms with Crippen molar-refractivity contribution in [3.63, 3.8) is 0 Å². The zero-order chi connectivity index (χ0) is 25.6. The molecular weight excluding hydrogens is 452 g/mol. The average Bonchev–Trinajstić information content (AvgIpc) is 3.14. The Hall–Kier alpha value is -3.06. The van der Waals surface area contributed by atoms with Gasteiger partial charge in [0.2, 0.25) is 11.8 Å². The van der Waals surface area contributed by atoms with Gasteiger partial charge in [0.1, 0.15) is 11.3 Å². The normalized spacial score (nSPS) is 28.9. The number of phenolic OH excluding ortho intramolecular Hbond substituents is 1. The number of nitrogens with one attached hydrogen (secondary N) is 2. The maximum Gasteiger partial charge on any atom is 0.246 e. The van der Waals surface area contributed by atoms with Crippen molar-refractivity contribution in [2.75, 3.05) is 25.5 Å². The highest BCUT2D eigenvalue weighted by molar-refractivity contribution is 5.96. The molecule has 0 aromatic heterocycles. The highest BCUT2D eigenvalue weighted by Gasteiger charge is 2.67. The number of benzene rings is 2. The van der Waals surface area contributed by atoms with Crippen molar-refractivity contribution in [1.82, 2.24) is 15.5 Å². The molecule has 3 N–H and O–H groups in total. The van der Waals surface area contributed by atoms with E-state index >= 15 is 0 Å². The Morgan fingerprint density at radius 3 is 2.44 bits per heavy atom. The van der Waals surface area contributed by atoms with Gasteiger partial charge in [0.05, 0.1) is 5.92 Å². The van der Waals surface area contributed by atoms with E-state index in [-0.39, 0.29) is 41.4 Å². The molecule has 6 rings (SSSR count). The molecule has 4 fully saturated rings. The molecule has 0 unspecified atom stereocenters. The predicted molar refractivity (Wildman–Crippen MR) is 140 cm³/mol. The lowest BCUT2D eigenvalue weighted by Crippen LogP contribution is -2.75. The second kappa shape index (κ2) is 9.43. The third kappa shape index (κ3) is 4.34. The molecule has 7 heteroatoms.